The fourth-order valence-electron chi connectivity index (χ4n) is 3.45. The summed E-state index contributed by atoms with van der Waals surface area (Å²) in [5.74, 6) is -1.48. The third-order valence-corrected chi connectivity index (χ3v) is 5.00. The quantitative estimate of drug-likeness (QED) is 0.779. The highest BCUT2D eigenvalue weighted by Crippen LogP contribution is 2.34. The Hall–Kier alpha value is -3.42. The van der Waals surface area contributed by atoms with Gasteiger partial charge in [-0.15, -0.1) is 0 Å². The van der Waals surface area contributed by atoms with Crippen molar-refractivity contribution in [2.24, 2.45) is 0 Å². The Bertz CT molecular complexity index is 1060. The van der Waals surface area contributed by atoms with Crippen LogP contribution < -0.4 is 14.8 Å². The number of ether oxygens (including phenoxy) is 2. The summed E-state index contributed by atoms with van der Waals surface area (Å²) < 4.78 is 33.5. The molecule has 0 spiro atoms. The maximum absolute atomic E-state index is 14.2. The zero-order valence-corrected chi connectivity index (χ0v) is 15.7. The average Bonchev–Trinajstić information content (AvgIpc) is 3.08. The number of carbonyl (C=O) groups is 3. The predicted molar refractivity (Wildman–Crippen MR) is 99.8 cm³/mol. The summed E-state index contributed by atoms with van der Waals surface area (Å²) in [7, 11) is 1.45. The number of nitrogens with one attached hydrogen (secondary N) is 1. The fourth-order valence-corrected chi connectivity index (χ4v) is 3.45. The SMILES string of the molecule is [2H][C@]1(N2Cc3c(OCc4ccc(OC)cc4F)cccc3C2=O)CCC(=O)NC1=O. The first-order chi connectivity index (χ1) is 14.3. The van der Waals surface area contributed by atoms with Crippen molar-refractivity contribution in [1.82, 2.24) is 10.2 Å². The van der Waals surface area contributed by atoms with E-state index >= 15 is 0 Å². The van der Waals surface area contributed by atoms with Crippen molar-refractivity contribution in [3.8, 4) is 11.5 Å². The lowest BCUT2D eigenvalue weighted by Crippen LogP contribution is -2.52. The lowest BCUT2D eigenvalue weighted by molar-refractivity contribution is -0.136. The van der Waals surface area contributed by atoms with Gasteiger partial charge in [-0.1, -0.05) is 6.07 Å². The predicted octanol–water partition coefficient (Wildman–Crippen LogP) is 2.17. The second kappa shape index (κ2) is 7.54. The molecule has 1 N–H and O–H groups in total. The molecule has 8 heteroatoms. The van der Waals surface area contributed by atoms with Gasteiger partial charge in [0.1, 0.15) is 29.9 Å². The molecule has 3 amide bonds. The van der Waals surface area contributed by atoms with Crippen molar-refractivity contribution in [1.29, 1.82) is 0 Å². The molecule has 150 valence electrons. The van der Waals surface area contributed by atoms with E-state index in [1.165, 1.54) is 13.2 Å². The van der Waals surface area contributed by atoms with Crippen LogP contribution in [0.2, 0.25) is 0 Å². The highest BCUT2D eigenvalue weighted by atomic mass is 19.1. The molecule has 0 radical (unpaired) electrons. The lowest BCUT2D eigenvalue weighted by Gasteiger charge is -2.29. The first-order valence-corrected chi connectivity index (χ1v) is 9.07. The molecular formula is C21H19FN2O5. The number of imide groups is 1. The van der Waals surface area contributed by atoms with E-state index in [1.54, 1.807) is 30.3 Å². The first kappa shape index (κ1) is 17.7. The van der Waals surface area contributed by atoms with Gasteiger partial charge >= 0.3 is 0 Å². The summed E-state index contributed by atoms with van der Waals surface area (Å²) in [6.07, 6.45) is -0.0971. The molecular weight excluding hydrogens is 379 g/mol. The topological polar surface area (TPSA) is 84.9 Å². The normalized spacial score (nSPS) is 21.5. The van der Waals surface area contributed by atoms with Gasteiger partial charge < -0.3 is 14.4 Å². The smallest absolute Gasteiger partial charge is 0.255 e. The second-order valence-electron chi connectivity index (χ2n) is 6.74. The fraction of sp³-hybridized carbons (Fsp3) is 0.286. The Labute approximate surface area is 167 Å². The third-order valence-electron chi connectivity index (χ3n) is 5.00. The van der Waals surface area contributed by atoms with E-state index in [4.69, 9.17) is 10.8 Å². The number of fused-ring (bicyclic) bond motifs is 1. The maximum atomic E-state index is 14.2. The van der Waals surface area contributed by atoms with Crippen molar-refractivity contribution < 1.29 is 29.6 Å². The Morgan fingerprint density at radius 3 is 2.83 bits per heavy atom. The van der Waals surface area contributed by atoms with Gasteiger partial charge in [-0.25, -0.2) is 4.39 Å². The van der Waals surface area contributed by atoms with E-state index in [1.807, 2.05) is 0 Å². The molecule has 29 heavy (non-hydrogen) atoms. The van der Waals surface area contributed by atoms with Crippen LogP contribution in [0.25, 0.3) is 0 Å². The van der Waals surface area contributed by atoms with Crippen molar-refractivity contribution >= 4 is 17.7 Å². The summed E-state index contributed by atoms with van der Waals surface area (Å²) in [6, 6.07) is 7.43. The molecule has 1 saturated heterocycles. The maximum Gasteiger partial charge on any atom is 0.255 e. The number of carbonyl (C=O) groups excluding carboxylic acids is 3. The number of benzene rings is 2. The van der Waals surface area contributed by atoms with Gasteiger partial charge in [0.25, 0.3) is 5.91 Å². The zero-order chi connectivity index (χ0) is 21.5. The van der Waals surface area contributed by atoms with Crippen LogP contribution in [0.5, 0.6) is 11.5 Å². The van der Waals surface area contributed by atoms with Crippen LogP contribution in [-0.4, -0.2) is 35.7 Å². The van der Waals surface area contributed by atoms with Crippen LogP contribution in [0.3, 0.4) is 0 Å². The molecule has 0 bridgehead atoms. The molecule has 1 atom stereocenters. The second-order valence-corrected chi connectivity index (χ2v) is 6.74. The van der Waals surface area contributed by atoms with E-state index in [9.17, 15) is 18.8 Å². The first-order valence-electron chi connectivity index (χ1n) is 9.57. The van der Waals surface area contributed by atoms with Gasteiger partial charge in [-0.2, -0.15) is 0 Å². The Kier molecular flexibility index (Phi) is 4.59. The van der Waals surface area contributed by atoms with Gasteiger partial charge in [0.05, 0.1) is 15.0 Å². The molecule has 0 saturated carbocycles. The zero-order valence-electron chi connectivity index (χ0n) is 16.7. The van der Waals surface area contributed by atoms with Gasteiger partial charge in [0.15, 0.2) is 0 Å². The number of nitrogens with zero attached hydrogens (tertiary/aromatic N) is 1. The van der Waals surface area contributed by atoms with Crippen LogP contribution >= 0.6 is 0 Å². The van der Waals surface area contributed by atoms with Crippen LogP contribution in [0.1, 0.15) is 35.7 Å². The molecule has 4 rings (SSSR count). The molecule has 0 aromatic heterocycles. The summed E-state index contributed by atoms with van der Waals surface area (Å²) in [6.45, 7) is -0.0813. The van der Waals surface area contributed by atoms with Crippen molar-refractivity contribution in [2.45, 2.75) is 32.0 Å². The molecule has 1 fully saturated rings. The van der Waals surface area contributed by atoms with E-state index in [0.717, 1.165) is 4.90 Å². The van der Waals surface area contributed by atoms with Gasteiger partial charge in [0, 0.05) is 29.2 Å². The molecule has 0 aliphatic carbocycles. The molecule has 2 aromatic carbocycles. The third kappa shape index (κ3) is 3.53. The number of halogens is 1. The number of rotatable bonds is 5. The largest absolute Gasteiger partial charge is 0.497 e. The Morgan fingerprint density at radius 2 is 2.10 bits per heavy atom. The molecule has 2 aromatic rings. The molecule has 2 aliphatic rings. The summed E-state index contributed by atoms with van der Waals surface area (Å²) >= 11 is 0. The number of piperidine rings is 1. The summed E-state index contributed by atoms with van der Waals surface area (Å²) in [4.78, 5) is 37.8. The van der Waals surface area contributed by atoms with Gasteiger partial charge in [-0.3, -0.25) is 19.7 Å². The lowest BCUT2D eigenvalue weighted by atomic mass is 10.0. The molecule has 2 aliphatic heterocycles. The Morgan fingerprint density at radius 1 is 1.28 bits per heavy atom. The average molecular weight is 399 g/mol. The highest BCUT2D eigenvalue weighted by Gasteiger charge is 2.40. The van der Waals surface area contributed by atoms with E-state index < -0.39 is 29.6 Å². The van der Waals surface area contributed by atoms with Gasteiger partial charge in [0.2, 0.25) is 11.8 Å². The number of methoxy groups -OCH3 is 1. The van der Waals surface area contributed by atoms with E-state index in [2.05, 4.69) is 5.32 Å². The summed E-state index contributed by atoms with van der Waals surface area (Å²) in [5.41, 5.74) is 1.16. The minimum Gasteiger partial charge on any atom is -0.497 e. The van der Waals surface area contributed by atoms with Gasteiger partial charge in [-0.05, 0) is 30.7 Å². The number of hydrogen-bond donors (Lipinski definition) is 1. The van der Waals surface area contributed by atoms with Crippen molar-refractivity contribution in [2.75, 3.05) is 7.11 Å². The number of hydrogen-bond acceptors (Lipinski definition) is 5. The molecule has 7 nitrogen and oxygen atoms in total. The van der Waals surface area contributed by atoms with Crippen LogP contribution in [0, 0.1) is 5.82 Å². The minimum atomic E-state index is -1.87. The van der Waals surface area contributed by atoms with Crippen molar-refractivity contribution in [3.05, 3.63) is 58.9 Å². The standard InChI is InChI=1S/C21H19FN2O5/c1-28-13-6-5-12(16(22)9-13)11-29-18-4-2-3-14-15(18)10-24(21(14)27)17-7-8-19(25)23-20(17)26/h2-6,9,17H,7-8,10-11H2,1H3,(H,23,25,26)/t17-/m0/s1/i17D. The summed E-state index contributed by atoms with van der Waals surface area (Å²) in [5, 5.41) is 2.13. The number of amides is 3. The minimum absolute atomic E-state index is 0.0133. The van der Waals surface area contributed by atoms with E-state index in [0.29, 0.717) is 28.2 Å². The highest BCUT2D eigenvalue weighted by molar-refractivity contribution is 6.05. The van der Waals surface area contributed by atoms with Crippen LogP contribution in [0.15, 0.2) is 36.4 Å². The molecule has 2 heterocycles. The van der Waals surface area contributed by atoms with Crippen LogP contribution in [-0.2, 0) is 22.7 Å². The Balaban J connectivity index is 1.56. The van der Waals surface area contributed by atoms with Crippen molar-refractivity contribution in [3.63, 3.8) is 0 Å². The molecule has 0 unspecified atom stereocenters. The van der Waals surface area contributed by atoms with E-state index in [-0.39, 0.29) is 26.0 Å². The van der Waals surface area contributed by atoms with Crippen LogP contribution in [0.4, 0.5) is 4.39 Å². The monoisotopic (exact) mass is 399 g/mol.